The van der Waals surface area contributed by atoms with Crippen LogP contribution in [-0.2, 0) is 6.54 Å². The van der Waals surface area contributed by atoms with Gasteiger partial charge >= 0.3 is 0 Å². The Balaban J connectivity index is 1.51. The van der Waals surface area contributed by atoms with Crippen molar-refractivity contribution >= 4 is 5.91 Å². The van der Waals surface area contributed by atoms with Crippen molar-refractivity contribution in [1.29, 1.82) is 0 Å². The zero-order chi connectivity index (χ0) is 19.3. The number of amides is 1. The lowest BCUT2D eigenvalue weighted by molar-refractivity contribution is 0.0595. The van der Waals surface area contributed by atoms with Gasteiger partial charge in [-0.25, -0.2) is 15.0 Å². The van der Waals surface area contributed by atoms with Gasteiger partial charge in [-0.1, -0.05) is 12.1 Å². The molecule has 4 rings (SSSR count). The van der Waals surface area contributed by atoms with Crippen molar-refractivity contribution in [1.82, 2.24) is 24.4 Å². The molecule has 3 heterocycles. The predicted molar refractivity (Wildman–Crippen MR) is 108 cm³/mol. The molecular formula is C22H25N5O. The molecule has 0 saturated carbocycles. The molecule has 1 fully saturated rings. The molecule has 0 N–H and O–H groups in total. The van der Waals surface area contributed by atoms with Crippen molar-refractivity contribution in [3.8, 4) is 11.1 Å². The maximum atomic E-state index is 13.3. The van der Waals surface area contributed by atoms with Crippen molar-refractivity contribution < 1.29 is 4.79 Å². The Morgan fingerprint density at radius 2 is 2.04 bits per heavy atom. The average Bonchev–Trinajstić information content (AvgIpc) is 3.17. The van der Waals surface area contributed by atoms with E-state index in [1.54, 1.807) is 12.4 Å². The zero-order valence-corrected chi connectivity index (χ0v) is 16.2. The third kappa shape index (κ3) is 3.96. The molecular weight excluding hydrogens is 350 g/mol. The van der Waals surface area contributed by atoms with Crippen LogP contribution in [0.15, 0.2) is 55.4 Å². The highest BCUT2D eigenvalue weighted by molar-refractivity contribution is 5.95. The standard InChI is InChI=1S/C22H25N5O/c1-17-25-9-12-26(17)11-8-21-7-2-3-10-27(21)22(28)19-6-4-5-18(13-19)20-14-23-16-24-15-20/h4-6,9,12-16,21H,2-3,7-8,10-11H2,1H3/t21-/m1/s1. The van der Waals surface area contributed by atoms with Gasteiger partial charge in [0.15, 0.2) is 0 Å². The van der Waals surface area contributed by atoms with Crippen LogP contribution in [0, 0.1) is 6.92 Å². The Hall–Kier alpha value is -3.02. The number of likely N-dealkylation sites (tertiary alicyclic amines) is 1. The maximum absolute atomic E-state index is 13.3. The Morgan fingerprint density at radius 1 is 1.18 bits per heavy atom. The van der Waals surface area contributed by atoms with Crippen LogP contribution in [0.2, 0.25) is 0 Å². The molecule has 1 saturated heterocycles. The highest BCUT2D eigenvalue weighted by Gasteiger charge is 2.27. The number of benzene rings is 1. The molecule has 0 aliphatic carbocycles. The topological polar surface area (TPSA) is 63.9 Å². The summed E-state index contributed by atoms with van der Waals surface area (Å²) in [5, 5.41) is 0. The van der Waals surface area contributed by atoms with Crippen LogP contribution in [0.5, 0.6) is 0 Å². The van der Waals surface area contributed by atoms with E-state index in [0.717, 1.165) is 54.9 Å². The van der Waals surface area contributed by atoms with Gasteiger partial charge in [0.25, 0.3) is 5.91 Å². The number of imidazole rings is 1. The van der Waals surface area contributed by atoms with Gasteiger partial charge in [-0.3, -0.25) is 4.79 Å². The van der Waals surface area contributed by atoms with E-state index < -0.39 is 0 Å². The van der Waals surface area contributed by atoms with Crippen molar-refractivity contribution in [3.63, 3.8) is 0 Å². The Kier molecular flexibility index (Phi) is 5.46. The molecule has 1 aliphatic heterocycles. The fourth-order valence-corrected chi connectivity index (χ4v) is 3.94. The predicted octanol–water partition coefficient (Wildman–Crippen LogP) is 3.73. The van der Waals surface area contributed by atoms with E-state index in [-0.39, 0.29) is 11.9 Å². The number of piperidine rings is 1. The van der Waals surface area contributed by atoms with Crippen LogP contribution >= 0.6 is 0 Å². The molecule has 6 heteroatoms. The van der Waals surface area contributed by atoms with Crippen LogP contribution in [0.3, 0.4) is 0 Å². The summed E-state index contributed by atoms with van der Waals surface area (Å²) in [5.74, 6) is 1.14. The summed E-state index contributed by atoms with van der Waals surface area (Å²) in [5.41, 5.74) is 2.61. The number of aromatic nitrogens is 4. The third-order valence-electron chi connectivity index (χ3n) is 5.52. The molecule has 0 unspecified atom stereocenters. The molecule has 1 aromatic carbocycles. The summed E-state index contributed by atoms with van der Waals surface area (Å²) in [4.78, 5) is 27.8. The van der Waals surface area contributed by atoms with Crippen LogP contribution in [0.4, 0.5) is 0 Å². The van der Waals surface area contributed by atoms with Gasteiger partial charge < -0.3 is 9.47 Å². The lowest BCUT2D eigenvalue weighted by Crippen LogP contribution is -2.44. The van der Waals surface area contributed by atoms with E-state index in [1.807, 2.05) is 43.6 Å². The first-order valence-electron chi connectivity index (χ1n) is 9.86. The second-order valence-electron chi connectivity index (χ2n) is 7.31. The van der Waals surface area contributed by atoms with E-state index >= 15 is 0 Å². The minimum Gasteiger partial charge on any atom is -0.336 e. The number of carbonyl (C=O) groups is 1. The second kappa shape index (κ2) is 8.33. The van der Waals surface area contributed by atoms with Crippen LogP contribution in [-0.4, -0.2) is 42.9 Å². The van der Waals surface area contributed by atoms with Crippen molar-refractivity contribution in [3.05, 3.63) is 66.8 Å². The average molecular weight is 375 g/mol. The maximum Gasteiger partial charge on any atom is 0.254 e. The number of carbonyl (C=O) groups excluding carboxylic acids is 1. The van der Waals surface area contributed by atoms with Gasteiger partial charge in [0.2, 0.25) is 0 Å². The fraction of sp³-hybridized carbons (Fsp3) is 0.364. The van der Waals surface area contributed by atoms with Gasteiger partial charge in [-0.05, 0) is 50.3 Å². The summed E-state index contributed by atoms with van der Waals surface area (Å²) in [6.45, 7) is 3.73. The van der Waals surface area contributed by atoms with Crippen molar-refractivity contribution in [2.45, 2.75) is 45.2 Å². The van der Waals surface area contributed by atoms with Gasteiger partial charge in [-0.2, -0.15) is 0 Å². The normalized spacial score (nSPS) is 16.9. The molecule has 3 aromatic rings. The van der Waals surface area contributed by atoms with Gasteiger partial charge in [0.05, 0.1) is 0 Å². The van der Waals surface area contributed by atoms with E-state index in [4.69, 9.17) is 0 Å². The van der Waals surface area contributed by atoms with E-state index in [0.29, 0.717) is 0 Å². The van der Waals surface area contributed by atoms with Crippen LogP contribution < -0.4 is 0 Å². The van der Waals surface area contributed by atoms with Gasteiger partial charge in [0, 0.05) is 55.0 Å². The van der Waals surface area contributed by atoms with Crippen LogP contribution in [0.25, 0.3) is 11.1 Å². The molecule has 0 radical (unpaired) electrons. The van der Waals surface area contributed by atoms with E-state index in [1.165, 1.54) is 12.7 Å². The smallest absolute Gasteiger partial charge is 0.254 e. The van der Waals surface area contributed by atoms with Gasteiger partial charge in [0.1, 0.15) is 12.2 Å². The minimum atomic E-state index is 0.116. The van der Waals surface area contributed by atoms with Crippen molar-refractivity contribution in [2.24, 2.45) is 0 Å². The molecule has 28 heavy (non-hydrogen) atoms. The Morgan fingerprint density at radius 3 is 2.82 bits per heavy atom. The summed E-state index contributed by atoms with van der Waals surface area (Å²) in [7, 11) is 0. The second-order valence-corrected chi connectivity index (χ2v) is 7.31. The first kappa shape index (κ1) is 18.3. The molecule has 144 valence electrons. The third-order valence-corrected chi connectivity index (χ3v) is 5.52. The zero-order valence-electron chi connectivity index (χ0n) is 16.2. The largest absolute Gasteiger partial charge is 0.336 e. The molecule has 0 spiro atoms. The number of rotatable bonds is 5. The number of hydrogen-bond acceptors (Lipinski definition) is 4. The molecule has 1 atom stereocenters. The molecule has 0 bridgehead atoms. The summed E-state index contributed by atoms with van der Waals surface area (Å²) in [6, 6.07) is 8.05. The Bertz CT molecular complexity index is 937. The SMILES string of the molecule is Cc1nccn1CC[C@H]1CCCCN1C(=O)c1cccc(-c2cncnc2)c1. The highest BCUT2D eigenvalue weighted by Crippen LogP contribution is 2.25. The molecule has 2 aromatic heterocycles. The monoisotopic (exact) mass is 375 g/mol. The molecule has 1 aliphatic rings. The number of hydrogen-bond donors (Lipinski definition) is 0. The highest BCUT2D eigenvalue weighted by atomic mass is 16.2. The summed E-state index contributed by atoms with van der Waals surface area (Å²) in [6.07, 6.45) is 13.2. The van der Waals surface area contributed by atoms with Gasteiger partial charge in [-0.15, -0.1) is 0 Å². The lowest BCUT2D eigenvalue weighted by Gasteiger charge is -2.36. The number of aryl methyl sites for hydroxylation is 2. The first-order valence-corrected chi connectivity index (χ1v) is 9.86. The van der Waals surface area contributed by atoms with E-state index in [9.17, 15) is 4.79 Å². The quantitative estimate of drug-likeness (QED) is 0.682. The molecule has 6 nitrogen and oxygen atoms in total. The Labute approximate surface area is 165 Å². The molecule has 1 amide bonds. The van der Waals surface area contributed by atoms with E-state index in [2.05, 4.69) is 24.4 Å². The lowest BCUT2D eigenvalue weighted by atomic mass is 9.97. The van der Waals surface area contributed by atoms with Crippen LogP contribution in [0.1, 0.15) is 41.9 Å². The summed E-state index contributed by atoms with van der Waals surface area (Å²) < 4.78 is 2.16. The number of nitrogens with zero attached hydrogens (tertiary/aromatic N) is 5. The fourth-order valence-electron chi connectivity index (χ4n) is 3.94. The first-order chi connectivity index (χ1) is 13.7. The summed E-state index contributed by atoms with van der Waals surface area (Å²) >= 11 is 0. The minimum absolute atomic E-state index is 0.116. The van der Waals surface area contributed by atoms with Crippen molar-refractivity contribution in [2.75, 3.05) is 6.54 Å².